The smallest absolute Gasteiger partial charge is 0.245 e. The lowest BCUT2D eigenvalue weighted by atomic mass is 10.1. The highest BCUT2D eigenvalue weighted by Crippen LogP contribution is 2.35. The molecule has 0 radical (unpaired) electrons. The predicted octanol–water partition coefficient (Wildman–Crippen LogP) is 1.95. The van der Waals surface area contributed by atoms with Gasteiger partial charge in [-0.2, -0.15) is 9.97 Å². The molecule has 144 valence electrons. The van der Waals surface area contributed by atoms with Crippen molar-refractivity contribution in [3.05, 3.63) is 52.7 Å². The van der Waals surface area contributed by atoms with Crippen molar-refractivity contribution < 1.29 is 14.6 Å². The number of rotatable bonds is 6. The van der Waals surface area contributed by atoms with Gasteiger partial charge in [0.2, 0.25) is 11.8 Å². The standard InChI is InChI=1S/C17H18N8O3/c18-17-21-15-14(16(22-17)27-8-10-4-2-1-3-5-10)25(9-20-15)13-6-11(23-24-19)12(7-26)28-13/h1-5,9,11-13,26H,6-8H2,(H2,18,21,22)/t11?,12-,13-/m1/s1. The number of fused-ring (bicyclic) bond motifs is 1. The van der Waals surface area contributed by atoms with Crippen LogP contribution in [0.25, 0.3) is 21.6 Å². The Bertz CT molecular complexity index is 1020. The second-order valence-electron chi connectivity index (χ2n) is 6.31. The second kappa shape index (κ2) is 7.69. The summed E-state index contributed by atoms with van der Waals surface area (Å²) in [5.74, 6) is 0.327. The van der Waals surface area contributed by atoms with Crippen molar-refractivity contribution >= 4 is 17.1 Å². The zero-order valence-electron chi connectivity index (χ0n) is 14.8. The second-order valence-corrected chi connectivity index (χ2v) is 6.31. The van der Waals surface area contributed by atoms with E-state index in [1.54, 1.807) is 10.9 Å². The Morgan fingerprint density at radius 3 is 2.93 bits per heavy atom. The minimum atomic E-state index is -0.596. The number of nitrogens with two attached hydrogens (primary N) is 1. The number of hydrogen-bond donors (Lipinski definition) is 2. The maximum Gasteiger partial charge on any atom is 0.245 e. The molecule has 1 fully saturated rings. The Hall–Kier alpha value is -3.40. The number of aromatic nitrogens is 4. The van der Waals surface area contributed by atoms with Gasteiger partial charge in [0.05, 0.1) is 25.1 Å². The number of nitrogen functional groups attached to an aromatic ring is 1. The van der Waals surface area contributed by atoms with Gasteiger partial charge in [0, 0.05) is 11.3 Å². The molecule has 2 aromatic heterocycles. The fourth-order valence-electron chi connectivity index (χ4n) is 3.21. The van der Waals surface area contributed by atoms with Crippen LogP contribution in [0, 0.1) is 0 Å². The van der Waals surface area contributed by atoms with Gasteiger partial charge in [0.1, 0.15) is 12.8 Å². The molecular formula is C17H18N8O3. The van der Waals surface area contributed by atoms with Crippen molar-refractivity contribution in [3.63, 3.8) is 0 Å². The van der Waals surface area contributed by atoms with Crippen molar-refractivity contribution in [2.24, 2.45) is 5.11 Å². The van der Waals surface area contributed by atoms with Crippen LogP contribution in [-0.2, 0) is 11.3 Å². The maximum atomic E-state index is 9.49. The molecule has 3 atom stereocenters. The molecule has 11 heteroatoms. The molecule has 28 heavy (non-hydrogen) atoms. The van der Waals surface area contributed by atoms with Crippen LogP contribution in [0.5, 0.6) is 5.88 Å². The summed E-state index contributed by atoms with van der Waals surface area (Å²) in [6.45, 7) is 0.0390. The van der Waals surface area contributed by atoms with E-state index >= 15 is 0 Å². The highest BCUT2D eigenvalue weighted by Gasteiger charge is 2.36. The summed E-state index contributed by atoms with van der Waals surface area (Å²) in [5, 5.41) is 13.2. The van der Waals surface area contributed by atoms with Crippen LogP contribution in [0.1, 0.15) is 18.2 Å². The van der Waals surface area contributed by atoms with Gasteiger partial charge in [0.25, 0.3) is 0 Å². The van der Waals surface area contributed by atoms with Crippen LogP contribution in [-0.4, -0.2) is 43.4 Å². The molecule has 0 amide bonds. The number of ether oxygens (including phenoxy) is 2. The van der Waals surface area contributed by atoms with E-state index in [1.807, 2.05) is 30.3 Å². The first-order chi connectivity index (χ1) is 13.7. The number of aliphatic hydroxyl groups excluding tert-OH is 1. The van der Waals surface area contributed by atoms with E-state index in [9.17, 15) is 5.11 Å². The summed E-state index contributed by atoms with van der Waals surface area (Å²) >= 11 is 0. The van der Waals surface area contributed by atoms with E-state index in [0.29, 0.717) is 24.2 Å². The first-order valence-corrected chi connectivity index (χ1v) is 8.67. The van der Waals surface area contributed by atoms with Gasteiger partial charge in [-0.15, -0.1) is 0 Å². The fourth-order valence-corrected chi connectivity index (χ4v) is 3.21. The largest absolute Gasteiger partial charge is 0.471 e. The van der Waals surface area contributed by atoms with Crippen LogP contribution in [0.2, 0.25) is 0 Å². The minimum absolute atomic E-state index is 0.0494. The topological polar surface area (TPSA) is 157 Å². The van der Waals surface area contributed by atoms with Crippen molar-refractivity contribution in [2.75, 3.05) is 12.3 Å². The number of azide groups is 1. The zero-order valence-corrected chi connectivity index (χ0v) is 14.8. The Kier molecular flexibility index (Phi) is 4.94. The lowest BCUT2D eigenvalue weighted by molar-refractivity contribution is -0.0232. The molecule has 4 rings (SSSR count). The lowest BCUT2D eigenvalue weighted by Crippen LogP contribution is -2.22. The van der Waals surface area contributed by atoms with E-state index in [4.69, 9.17) is 20.7 Å². The van der Waals surface area contributed by atoms with Crippen molar-refractivity contribution in [1.82, 2.24) is 19.5 Å². The molecule has 3 N–H and O–H groups in total. The summed E-state index contributed by atoms with van der Waals surface area (Å²) in [6, 6.07) is 9.16. The molecule has 0 aliphatic carbocycles. The van der Waals surface area contributed by atoms with Gasteiger partial charge in [0.15, 0.2) is 11.2 Å². The maximum absolute atomic E-state index is 9.49. The van der Waals surface area contributed by atoms with Gasteiger partial charge in [-0.1, -0.05) is 35.4 Å². The molecule has 3 heterocycles. The van der Waals surface area contributed by atoms with Gasteiger partial charge in [-0.25, -0.2) is 4.98 Å². The first-order valence-electron chi connectivity index (χ1n) is 8.67. The molecule has 1 saturated heterocycles. The van der Waals surface area contributed by atoms with E-state index in [1.165, 1.54) is 0 Å². The molecule has 0 bridgehead atoms. The highest BCUT2D eigenvalue weighted by atomic mass is 16.5. The normalized spacial score (nSPS) is 21.5. The Labute approximate surface area is 159 Å². The summed E-state index contributed by atoms with van der Waals surface area (Å²) in [6.07, 6.45) is 0.820. The summed E-state index contributed by atoms with van der Waals surface area (Å²) < 4.78 is 13.4. The quantitative estimate of drug-likeness (QED) is 0.374. The van der Waals surface area contributed by atoms with Crippen molar-refractivity contribution in [2.45, 2.75) is 31.4 Å². The summed E-state index contributed by atoms with van der Waals surface area (Å²) in [5.41, 5.74) is 16.4. The van der Waals surface area contributed by atoms with E-state index in [0.717, 1.165) is 5.56 Å². The van der Waals surface area contributed by atoms with Crippen molar-refractivity contribution in [1.29, 1.82) is 0 Å². The third-order valence-electron chi connectivity index (χ3n) is 4.53. The van der Waals surface area contributed by atoms with Crippen LogP contribution >= 0.6 is 0 Å². The summed E-state index contributed by atoms with van der Waals surface area (Å²) in [4.78, 5) is 15.5. The summed E-state index contributed by atoms with van der Waals surface area (Å²) in [7, 11) is 0. The average Bonchev–Trinajstić information content (AvgIpc) is 3.31. The number of imidazole rings is 1. The van der Waals surface area contributed by atoms with Crippen LogP contribution in [0.3, 0.4) is 0 Å². The van der Waals surface area contributed by atoms with Gasteiger partial charge in [-0.3, -0.25) is 4.57 Å². The Morgan fingerprint density at radius 2 is 2.18 bits per heavy atom. The first kappa shape index (κ1) is 18.0. The number of anilines is 1. The molecule has 0 spiro atoms. The lowest BCUT2D eigenvalue weighted by Gasteiger charge is -2.16. The number of hydrogen-bond acceptors (Lipinski definition) is 8. The SMILES string of the molecule is [N-]=[N+]=NC1C[C@H](n2cnc3nc(N)nc(OCc4ccccc4)c32)O[C@@H]1CO. The van der Waals surface area contributed by atoms with Gasteiger partial charge in [-0.05, 0) is 11.1 Å². The number of nitrogens with zero attached hydrogens (tertiary/aromatic N) is 7. The molecule has 1 aliphatic rings. The van der Waals surface area contributed by atoms with Crippen LogP contribution in [0.15, 0.2) is 41.8 Å². The molecule has 1 aromatic carbocycles. The fraction of sp³-hybridized carbons (Fsp3) is 0.353. The Balaban J connectivity index is 1.67. The third kappa shape index (κ3) is 3.41. The average molecular weight is 382 g/mol. The Morgan fingerprint density at radius 1 is 1.36 bits per heavy atom. The van der Waals surface area contributed by atoms with Crippen LogP contribution in [0.4, 0.5) is 5.95 Å². The number of aliphatic hydroxyl groups is 1. The molecule has 1 unspecified atom stereocenters. The zero-order chi connectivity index (χ0) is 19.5. The van der Waals surface area contributed by atoms with E-state index < -0.39 is 18.4 Å². The van der Waals surface area contributed by atoms with E-state index in [-0.39, 0.29) is 18.4 Å². The molecular weight excluding hydrogens is 364 g/mol. The molecule has 1 aliphatic heterocycles. The molecule has 11 nitrogen and oxygen atoms in total. The predicted molar refractivity (Wildman–Crippen MR) is 99.1 cm³/mol. The van der Waals surface area contributed by atoms with Gasteiger partial charge < -0.3 is 20.3 Å². The number of benzene rings is 1. The van der Waals surface area contributed by atoms with Crippen molar-refractivity contribution in [3.8, 4) is 5.88 Å². The third-order valence-corrected chi connectivity index (χ3v) is 4.53. The van der Waals surface area contributed by atoms with Gasteiger partial charge >= 0.3 is 0 Å². The molecule has 0 saturated carbocycles. The van der Waals surface area contributed by atoms with Crippen LogP contribution < -0.4 is 10.5 Å². The highest BCUT2D eigenvalue weighted by molar-refractivity contribution is 5.77. The molecule has 3 aromatic rings. The minimum Gasteiger partial charge on any atom is -0.471 e. The van der Waals surface area contributed by atoms with E-state index in [2.05, 4.69) is 25.0 Å². The monoisotopic (exact) mass is 382 g/mol.